The molecule has 0 aromatic heterocycles. The van der Waals surface area contributed by atoms with Crippen molar-refractivity contribution in [3.8, 4) is 5.75 Å². The van der Waals surface area contributed by atoms with Crippen LogP contribution in [0.2, 0.25) is 0 Å². The van der Waals surface area contributed by atoms with Crippen molar-refractivity contribution in [2.24, 2.45) is 0 Å². The minimum Gasteiger partial charge on any atom is -0.424 e. The second kappa shape index (κ2) is 4.27. The fraction of sp³-hybridized carbons (Fsp3) is 0.222. The van der Waals surface area contributed by atoms with Crippen LogP contribution in [-0.4, -0.2) is 12.1 Å². The quantitative estimate of drug-likeness (QED) is 0.614. The molecule has 0 aliphatic heterocycles. The SMILES string of the molecule is O=C(F)C(F)(F)Oc1ccccc1C(F)(F)F. The predicted octanol–water partition coefficient (Wildman–Crippen LogP) is 3.17. The summed E-state index contributed by atoms with van der Waals surface area (Å²) in [7, 11) is 0. The van der Waals surface area contributed by atoms with Gasteiger partial charge in [-0.25, -0.2) is 4.79 Å². The van der Waals surface area contributed by atoms with Crippen molar-refractivity contribution in [1.82, 2.24) is 0 Å². The summed E-state index contributed by atoms with van der Waals surface area (Å²) < 4.78 is 77.2. The number of hydrogen-bond acceptors (Lipinski definition) is 2. The first-order chi connectivity index (χ1) is 7.64. The van der Waals surface area contributed by atoms with Gasteiger partial charge in [0.05, 0.1) is 5.56 Å². The van der Waals surface area contributed by atoms with E-state index in [1.165, 1.54) is 0 Å². The first kappa shape index (κ1) is 13.3. The molecule has 0 N–H and O–H groups in total. The highest BCUT2D eigenvalue weighted by atomic mass is 19.4. The molecule has 0 spiro atoms. The van der Waals surface area contributed by atoms with E-state index in [-0.39, 0.29) is 0 Å². The standard InChI is InChI=1S/C9H4F6O2/c10-7(16)9(14,15)17-6-4-2-1-3-5(6)8(11,12)13/h1-4H. The molecule has 1 aromatic carbocycles. The molecule has 0 unspecified atom stereocenters. The summed E-state index contributed by atoms with van der Waals surface area (Å²) >= 11 is 0. The Hall–Kier alpha value is -1.73. The summed E-state index contributed by atoms with van der Waals surface area (Å²) in [6.45, 7) is 0. The molecular weight excluding hydrogens is 254 g/mol. The predicted molar refractivity (Wildman–Crippen MR) is 43.1 cm³/mol. The number of carbonyl (C=O) groups excluding carboxylic acids is 1. The van der Waals surface area contributed by atoms with Gasteiger partial charge in [-0.15, -0.1) is 0 Å². The summed E-state index contributed by atoms with van der Waals surface area (Å²) in [5.74, 6) is -1.32. The number of rotatable bonds is 3. The van der Waals surface area contributed by atoms with Crippen LogP contribution in [0.5, 0.6) is 5.75 Å². The van der Waals surface area contributed by atoms with Gasteiger partial charge in [0.25, 0.3) is 0 Å². The second-order valence-electron chi connectivity index (χ2n) is 2.89. The molecule has 0 heterocycles. The molecule has 1 rings (SSSR count). The van der Waals surface area contributed by atoms with E-state index >= 15 is 0 Å². The van der Waals surface area contributed by atoms with Gasteiger partial charge in [0.15, 0.2) is 0 Å². The molecule has 0 saturated heterocycles. The fourth-order valence-electron chi connectivity index (χ4n) is 0.968. The van der Waals surface area contributed by atoms with Crippen molar-refractivity contribution >= 4 is 6.04 Å². The zero-order valence-corrected chi connectivity index (χ0v) is 7.89. The summed E-state index contributed by atoms with van der Waals surface area (Å²) in [6.07, 6.45) is -9.90. The zero-order valence-electron chi connectivity index (χ0n) is 7.89. The van der Waals surface area contributed by atoms with Gasteiger partial charge >= 0.3 is 18.3 Å². The Morgan fingerprint density at radius 2 is 1.59 bits per heavy atom. The average Bonchev–Trinajstić information content (AvgIpc) is 2.15. The summed E-state index contributed by atoms with van der Waals surface area (Å²) in [6, 6.07) is -0.239. The molecule has 0 radical (unpaired) electrons. The Bertz CT molecular complexity index is 426. The van der Waals surface area contributed by atoms with Crippen LogP contribution in [0.3, 0.4) is 0 Å². The molecule has 0 fully saturated rings. The zero-order chi connectivity index (χ0) is 13.3. The highest BCUT2D eigenvalue weighted by Gasteiger charge is 2.45. The van der Waals surface area contributed by atoms with Gasteiger partial charge in [-0.05, 0) is 12.1 Å². The lowest BCUT2D eigenvalue weighted by atomic mass is 10.2. The van der Waals surface area contributed by atoms with Crippen LogP contribution in [0.15, 0.2) is 24.3 Å². The van der Waals surface area contributed by atoms with E-state index in [2.05, 4.69) is 4.74 Å². The molecule has 0 amide bonds. The van der Waals surface area contributed by atoms with Gasteiger partial charge < -0.3 is 4.74 Å². The van der Waals surface area contributed by atoms with Gasteiger partial charge in [-0.2, -0.15) is 26.3 Å². The normalized spacial score (nSPS) is 12.4. The Morgan fingerprint density at radius 3 is 2.06 bits per heavy atom. The maximum absolute atomic E-state index is 12.5. The Kier molecular flexibility index (Phi) is 3.35. The Labute approximate surface area is 90.8 Å². The molecule has 94 valence electrons. The number of hydrogen-bond donors (Lipinski definition) is 0. The van der Waals surface area contributed by atoms with Crippen LogP contribution in [0.25, 0.3) is 0 Å². The number of benzene rings is 1. The summed E-state index contributed by atoms with van der Waals surface area (Å²) in [5, 5.41) is 0. The number of carbonyl (C=O) groups is 1. The Balaban J connectivity index is 3.12. The molecule has 2 nitrogen and oxygen atoms in total. The highest BCUT2D eigenvalue weighted by molar-refractivity contribution is 5.75. The molecule has 0 aliphatic rings. The summed E-state index contributed by atoms with van der Waals surface area (Å²) in [5.41, 5.74) is -1.53. The van der Waals surface area contributed by atoms with E-state index in [0.29, 0.717) is 12.1 Å². The third-order valence-electron chi connectivity index (χ3n) is 1.66. The van der Waals surface area contributed by atoms with Crippen LogP contribution in [0.4, 0.5) is 26.3 Å². The van der Waals surface area contributed by atoms with Gasteiger partial charge in [-0.1, -0.05) is 12.1 Å². The number of para-hydroxylation sites is 1. The number of alkyl halides is 5. The third kappa shape index (κ3) is 3.11. The van der Waals surface area contributed by atoms with Crippen LogP contribution >= 0.6 is 0 Å². The van der Waals surface area contributed by atoms with Gasteiger partial charge in [0, 0.05) is 0 Å². The topological polar surface area (TPSA) is 26.3 Å². The van der Waals surface area contributed by atoms with Crippen molar-refractivity contribution in [1.29, 1.82) is 0 Å². The fourth-order valence-corrected chi connectivity index (χ4v) is 0.968. The average molecular weight is 258 g/mol. The molecular formula is C9H4F6O2. The van der Waals surface area contributed by atoms with Gasteiger partial charge in [0.1, 0.15) is 5.75 Å². The van der Waals surface area contributed by atoms with E-state index in [4.69, 9.17) is 0 Å². The van der Waals surface area contributed by atoms with E-state index in [0.717, 1.165) is 12.1 Å². The van der Waals surface area contributed by atoms with E-state index < -0.39 is 29.6 Å². The smallest absolute Gasteiger partial charge is 0.424 e. The van der Waals surface area contributed by atoms with Crippen molar-refractivity contribution in [2.75, 3.05) is 0 Å². The summed E-state index contributed by atoms with van der Waals surface area (Å²) in [4.78, 5) is 9.81. The molecule has 0 bridgehead atoms. The lowest BCUT2D eigenvalue weighted by Crippen LogP contribution is -2.33. The molecule has 8 heteroatoms. The molecule has 17 heavy (non-hydrogen) atoms. The lowest BCUT2D eigenvalue weighted by Gasteiger charge is -2.16. The maximum atomic E-state index is 12.5. The van der Waals surface area contributed by atoms with Crippen molar-refractivity contribution in [3.05, 3.63) is 29.8 Å². The number of halogens is 6. The van der Waals surface area contributed by atoms with E-state index in [1.54, 1.807) is 0 Å². The van der Waals surface area contributed by atoms with Crippen molar-refractivity contribution in [2.45, 2.75) is 12.3 Å². The van der Waals surface area contributed by atoms with Crippen LogP contribution in [0.1, 0.15) is 5.56 Å². The van der Waals surface area contributed by atoms with Crippen molar-refractivity contribution in [3.63, 3.8) is 0 Å². The van der Waals surface area contributed by atoms with Crippen molar-refractivity contribution < 1.29 is 35.9 Å². The van der Waals surface area contributed by atoms with E-state index in [1.807, 2.05) is 0 Å². The van der Waals surface area contributed by atoms with Crippen LogP contribution in [0, 0.1) is 0 Å². The largest absolute Gasteiger partial charge is 0.494 e. The van der Waals surface area contributed by atoms with Crippen LogP contribution in [-0.2, 0) is 11.0 Å². The second-order valence-corrected chi connectivity index (χ2v) is 2.89. The molecule has 1 aromatic rings. The Morgan fingerprint density at radius 1 is 1.06 bits per heavy atom. The van der Waals surface area contributed by atoms with Crippen LogP contribution < -0.4 is 4.74 Å². The molecule has 0 aliphatic carbocycles. The molecule has 0 atom stereocenters. The highest BCUT2D eigenvalue weighted by Crippen LogP contribution is 2.37. The number of ether oxygens (including phenoxy) is 1. The minimum absolute atomic E-state index is 0.466. The lowest BCUT2D eigenvalue weighted by molar-refractivity contribution is -0.204. The van der Waals surface area contributed by atoms with Gasteiger partial charge in [0.2, 0.25) is 0 Å². The molecule has 0 saturated carbocycles. The minimum atomic E-state index is -4.95. The monoisotopic (exact) mass is 258 g/mol. The first-order valence-electron chi connectivity index (χ1n) is 4.07. The van der Waals surface area contributed by atoms with Gasteiger partial charge in [-0.3, -0.25) is 0 Å². The maximum Gasteiger partial charge on any atom is 0.494 e. The first-order valence-corrected chi connectivity index (χ1v) is 4.07. The van der Waals surface area contributed by atoms with E-state index in [9.17, 15) is 31.1 Å². The third-order valence-corrected chi connectivity index (χ3v) is 1.66.